The number of nitro benzene ring substituents is 1. The van der Waals surface area contributed by atoms with Gasteiger partial charge in [0.1, 0.15) is 0 Å². The van der Waals surface area contributed by atoms with E-state index in [1.807, 2.05) is 6.92 Å². The number of thioether (sulfide) groups is 1. The van der Waals surface area contributed by atoms with Gasteiger partial charge in [-0.15, -0.1) is 0 Å². The number of nitro groups is 1. The number of aliphatic hydroxyl groups excluding tert-OH is 1. The molecular formula is C10H13NO3S. The summed E-state index contributed by atoms with van der Waals surface area (Å²) in [6.07, 6.45) is 0. The summed E-state index contributed by atoms with van der Waals surface area (Å²) in [6.45, 7) is 1.98. The van der Waals surface area contributed by atoms with Gasteiger partial charge in [0.15, 0.2) is 0 Å². The van der Waals surface area contributed by atoms with E-state index in [1.165, 1.54) is 17.8 Å². The van der Waals surface area contributed by atoms with E-state index in [4.69, 9.17) is 5.11 Å². The first-order chi connectivity index (χ1) is 7.15. The van der Waals surface area contributed by atoms with Gasteiger partial charge >= 0.3 is 0 Å². The van der Waals surface area contributed by atoms with Gasteiger partial charge in [0, 0.05) is 22.6 Å². The molecule has 82 valence electrons. The van der Waals surface area contributed by atoms with Crippen LogP contribution >= 0.6 is 11.8 Å². The van der Waals surface area contributed by atoms with Crippen LogP contribution in [0.2, 0.25) is 0 Å². The summed E-state index contributed by atoms with van der Waals surface area (Å²) in [5, 5.41) is 19.6. The van der Waals surface area contributed by atoms with Crippen molar-refractivity contribution in [1.29, 1.82) is 0 Å². The predicted molar refractivity (Wildman–Crippen MR) is 60.9 cm³/mol. The summed E-state index contributed by atoms with van der Waals surface area (Å²) < 4.78 is 0. The van der Waals surface area contributed by atoms with E-state index in [1.54, 1.807) is 18.2 Å². The lowest BCUT2D eigenvalue weighted by Gasteiger charge is -2.07. The minimum absolute atomic E-state index is 0.0886. The van der Waals surface area contributed by atoms with Crippen molar-refractivity contribution in [2.75, 3.05) is 6.61 Å². The van der Waals surface area contributed by atoms with E-state index in [0.29, 0.717) is 11.3 Å². The van der Waals surface area contributed by atoms with Crippen molar-refractivity contribution in [3.63, 3.8) is 0 Å². The average Bonchev–Trinajstić information content (AvgIpc) is 2.26. The maximum atomic E-state index is 10.7. The van der Waals surface area contributed by atoms with E-state index in [2.05, 4.69) is 0 Å². The first kappa shape index (κ1) is 12.0. The third kappa shape index (κ3) is 3.53. The molecule has 0 saturated carbocycles. The Balaban J connectivity index is 2.72. The molecule has 0 aliphatic heterocycles. The molecule has 0 radical (unpaired) electrons. The standard InChI is InChI=1S/C10H13NO3S/c1-8(6-12)15-7-9-4-2-3-5-10(9)11(13)14/h2-5,8,12H,6-7H2,1H3. The number of benzene rings is 1. The summed E-state index contributed by atoms with van der Waals surface area (Å²) in [5.41, 5.74) is 0.850. The Kier molecular flexibility index (Phi) is 4.58. The molecular weight excluding hydrogens is 214 g/mol. The van der Waals surface area contributed by atoms with Crippen LogP contribution < -0.4 is 0 Å². The zero-order valence-electron chi connectivity index (χ0n) is 8.42. The van der Waals surface area contributed by atoms with Gasteiger partial charge < -0.3 is 5.11 Å². The summed E-state index contributed by atoms with van der Waals surface area (Å²) in [4.78, 5) is 10.3. The number of aliphatic hydroxyl groups is 1. The van der Waals surface area contributed by atoms with Gasteiger partial charge in [-0.25, -0.2) is 0 Å². The van der Waals surface area contributed by atoms with Crippen molar-refractivity contribution < 1.29 is 10.0 Å². The maximum absolute atomic E-state index is 10.7. The van der Waals surface area contributed by atoms with Crippen molar-refractivity contribution >= 4 is 17.4 Å². The molecule has 1 aromatic carbocycles. The zero-order valence-corrected chi connectivity index (χ0v) is 9.24. The molecule has 4 nitrogen and oxygen atoms in total. The smallest absolute Gasteiger partial charge is 0.273 e. The first-order valence-corrected chi connectivity index (χ1v) is 5.64. The molecule has 1 unspecified atom stereocenters. The molecule has 0 heterocycles. The fourth-order valence-corrected chi connectivity index (χ4v) is 1.91. The highest BCUT2D eigenvalue weighted by molar-refractivity contribution is 7.99. The first-order valence-electron chi connectivity index (χ1n) is 4.60. The summed E-state index contributed by atoms with van der Waals surface area (Å²) in [7, 11) is 0. The van der Waals surface area contributed by atoms with Crippen LogP contribution in [0.25, 0.3) is 0 Å². The van der Waals surface area contributed by atoms with Crippen LogP contribution in [0.15, 0.2) is 24.3 Å². The Morgan fingerprint density at radius 1 is 1.53 bits per heavy atom. The minimum Gasteiger partial charge on any atom is -0.395 e. The lowest BCUT2D eigenvalue weighted by molar-refractivity contribution is -0.385. The van der Waals surface area contributed by atoms with Crippen molar-refractivity contribution in [3.8, 4) is 0 Å². The van der Waals surface area contributed by atoms with Gasteiger partial charge in [-0.3, -0.25) is 10.1 Å². The van der Waals surface area contributed by atoms with Gasteiger partial charge in [-0.1, -0.05) is 25.1 Å². The molecule has 0 fully saturated rings. The van der Waals surface area contributed by atoms with Gasteiger partial charge in [-0.05, 0) is 0 Å². The second-order valence-corrected chi connectivity index (χ2v) is 4.62. The molecule has 0 aliphatic carbocycles. The van der Waals surface area contributed by atoms with Crippen LogP contribution in [0.1, 0.15) is 12.5 Å². The molecule has 1 N–H and O–H groups in total. The van der Waals surface area contributed by atoms with Crippen molar-refractivity contribution in [2.24, 2.45) is 0 Å². The van der Waals surface area contributed by atoms with E-state index >= 15 is 0 Å². The second-order valence-electron chi connectivity index (χ2n) is 3.19. The quantitative estimate of drug-likeness (QED) is 0.618. The molecule has 1 rings (SSSR count). The molecule has 1 atom stereocenters. The molecule has 0 spiro atoms. The third-order valence-electron chi connectivity index (χ3n) is 1.97. The van der Waals surface area contributed by atoms with Crippen LogP contribution in [0.3, 0.4) is 0 Å². The number of rotatable bonds is 5. The van der Waals surface area contributed by atoms with Crippen LogP contribution in [0.5, 0.6) is 0 Å². The molecule has 0 aromatic heterocycles. The van der Waals surface area contributed by atoms with Crippen molar-refractivity contribution in [2.45, 2.75) is 17.9 Å². The molecule has 15 heavy (non-hydrogen) atoms. The highest BCUT2D eigenvalue weighted by atomic mass is 32.2. The minimum atomic E-state index is -0.375. The Bertz CT molecular complexity index is 343. The van der Waals surface area contributed by atoms with Crippen LogP contribution in [-0.4, -0.2) is 21.9 Å². The van der Waals surface area contributed by atoms with Crippen LogP contribution in [0.4, 0.5) is 5.69 Å². The molecule has 0 aliphatic rings. The zero-order chi connectivity index (χ0) is 11.3. The monoisotopic (exact) mass is 227 g/mol. The molecule has 5 heteroatoms. The fourth-order valence-electron chi connectivity index (χ4n) is 1.10. The Hall–Kier alpha value is -1.07. The molecule has 0 saturated heterocycles. The topological polar surface area (TPSA) is 63.4 Å². The highest BCUT2D eigenvalue weighted by Gasteiger charge is 2.12. The van der Waals surface area contributed by atoms with Crippen molar-refractivity contribution in [3.05, 3.63) is 39.9 Å². The largest absolute Gasteiger partial charge is 0.395 e. The average molecular weight is 227 g/mol. The van der Waals surface area contributed by atoms with E-state index < -0.39 is 0 Å². The van der Waals surface area contributed by atoms with Gasteiger partial charge in [0.2, 0.25) is 0 Å². The van der Waals surface area contributed by atoms with E-state index in [0.717, 1.165) is 0 Å². The number of hydrogen-bond donors (Lipinski definition) is 1. The van der Waals surface area contributed by atoms with E-state index in [9.17, 15) is 10.1 Å². The normalized spacial score (nSPS) is 12.4. The fraction of sp³-hybridized carbons (Fsp3) is 0.400. The van der Waals surface area contributed by atoms with Gasteiger partial charge in [-0.2, -0.15) is 11.8 Å². The van der Waals surface area contributed by atoms with Gasteiger partial charge in [0.05, 0.1) is 11.5 Å². The Labute approximate surface area is 92.5 Å². The number of hydrogen-bond acceptors (Lipinski definition) is 4. The van der Waals surface area contributed by atoms with Gasteiger partial charge in [0.25, 0.3) is 5.69 Å². The summed E-state index contributed by atoms with van der Waals surface area (Å²) in [5.74, 6) is 0.554. The third-order valence-corrected chi connectivity index (χ3v) is 3.16. The summed E-state index contributed by atoms with van der Waals surface area (Å²) >= 11 is 1.51. The Morgan fingerprint density at radius 2 is 2.20 bits per heavy atom. The highest BCUT2D eigenvalue weighted by Crippen LogP contribution is 2.24. The SMILES string of the molecule is CC(CO)SCc1ccccc1[N+](=O)[O-]. The lowest BCUT2D eigenvalue weighted by atomic mass is 10.2. The molecule has 0 amide bonds. The predicted octanol–water partition coefficient (Wildman–Crippen LogP) is 2.21. The van der Waals surface area contributed by atoms with Crippen molar-refractivity contribution in [1.82, 2.24) is 0 Å². The van der Waals surface area contributed by atoms with Crippen LogP contribution in [0, 0.1) is 10.1 Å². The van der Waals surface area contributed by atoms with E-state index in [-0.39, 0.29) is 22.5 Å². The van der Waals surface area contributed by atoms with Crippen LogP contribution in [-0.2, 0) is 5.75 Å². The second kappa shape index (κ2) is 5.72. The number of para-hydroxylation sites is 1. The molecule has 0 bridgehead atoms. The maximum Gasteiger partial charge on any atom is 0.273 e. The number of nitrogens with zero attached hydrogens (tertiary/aromatic N) is 1. The molecule has 1 aromatic rings. The Morgan fingerprint density at radius 3 is 2.80 bits per heavy atom. The summed E-state index contributed by atoms with van der Waals surface area (Å²) in [6, 6.07) is 6.68. The lowest BCUT2D eigenvalue weighted by Crippen LogP contribution is -2.03.